The molecule has 1 aliphatic rings. The molecule has 2 N–H and O–H groups in total. The Balaban J connectivity index is 1.74. The predicted molar refractivity (Wildman–Crippen MR) is 129 cm³/mol. The van der Waals surface area contributed by atoms with E-state index in [1.54, 1.807) is 29.2 Å². The Kier molecular flexibility index (Phi) is 7.82. The monoisotopic (exact) mass is 447 g/mol. The third kappa shape index (κ3) is 6.72. The number of aromatic nitrogens is 2. The van der Waals surface area contributed by atoms with Crippen molar-refractivity contribution < 1.29 is 0 Å². The second-order valence-electron chi connectivity index (χ2n) is 9.25. The van der Waals surface area contributed by atoms with Gasteiger partial charge in [0.05, 0.1) is 4.21 Å². The smallest absolute Gasteiger partial charge is 0.272 e. The molecule has 0 radical (unpaired) electrons. The van der Waals surface area contributed by atoms with Crippen molar-refractivity contribution in [2.24, 2.45) is 11.3 Å². The van der Waals surface area contributed by atoms with Crippen LogP contribution >= 0.6 is 23.1 Å². The third-order valence-corrected chi connectivity index (χ3v) is 7.86. The molecule has 2 heterocycles. The largest absolute Gasteiger partial charge is 0.316 e. The molecular formula is C23H33N3O2S2. The SMILES string of the molecule is CN(C)CCSc1ccc(C=c2[nH]c(=O)c(=CCC3CCCC(C)(C)C3)[nH]c2=O)s1. The van der Waals surface area contributed by atoms with Crippen LogP contribution in [0, 0.1) is 11.3 Å². The second kappa shape index (κ2) is 10.2. The van der Waals surface area contributed by atoms with Gasteiger partial charge in [-0.3, -0.25) is 9.59 Å². The van der Waals surface area contributed by atoms with E-state index < -0.39 is 0 Å². The Morgan fingerprint density at radius 3 is 2.67 bits per heavy atom. The zero-order chi connectivity index (χ0) is 21.7. The summed E-state index contributed by atoms with van der Waals surface area (Å²) in [5.41, 5.74) is -0.104. The summed E-state index contributed by atoms with van der Waals surface area (Å²) >= 11 is 3.44. The van der Waals surface area contributed by atoms with Crippen LogP contribution in [0.15, 0.2) is 25.9 Å². The molecule has 164 valence electrons. The predicted octanol–water partition coefficient (Wildman–Crippen LogP) is 2.99. The number of H-pyrrole nitrogens is 2. The van der Waals surface area contributed by atoms with E-state index in [-0.39, 0.29) is 11.1 Å². The van der Waals surface area contributed by atoms with Crippen molar-refractivity contribution in [1.82, 2.24) is 14.9 Å². The average molecular weight is 448 g/mol. The van der Waals surface area contributed by atoms with Crippen LogP contribution < -0.4 is 21.8 Å². The van der Waals surface area contributed by atoms with Crippen molar-refractivity contribution in [2.75, 3.05) is 26.4 Å². The number of thiophene rings is 1. The van der Waals surface area contributed by atoms with Gasteiger partial charge in [0.2, 0.25) is 0 Å². The first-order valence-electron chi connectivity index (χ1n) is 10.6. The molecule has 0 spiro atoms. The highest BCUT2D eigenvalue weighted by Crippen LogP contribution is 2.39. The van der Waals surface area contributed by atoms with E-state index in [2.05, 4.69) is 48.9 Å². The van der Waals surface area contributed by atoms with Gasteiger partial charge in [-0.2, -0.15) is 0 Å². The van der Waals surface area contributed by atoms with Crippen LogP contribution in [0.5, 0.6) is 0 Å². The summed E-state index contributed by atoms with van der Waals surface area (Å²) in [7, 11) is 4.13. The van der Waals surface area contributed by atoms with Crippen molar-refractivity contribution in [1.29, 1.82) is 0 Å². The molecule has 1 saturated carbocycles. The Bertz CT molecular complexity index is 1080. The minimum absolute atomic E-state index is 0.229. The molecule has 2 aromatic heterocycles. The third-order valence-electron chi connectivity index (χ3n) is 5.62. The van der Waals surface area contributed by atoms with Gasteiger partial charge in [0.15, 0.2) is 0 Å². The first-order chi connectivity index (χ1) is 14.2. The molecule has 5 nitrogen and oxygen atoms in total. The van der Waals surface area contributed by atoms with E-state index in [1.807, 2.05) is 12.1 Å². The van der Waals surface area contributed by atoms with Crippen LogP contribution in [0.25, 0.3) is 12.2 Å². The maximum atomic E-state index is 12.5. The fraction of sp³-hybridized carbons (Fsp3) is 0.565. The Labute approximate surface area is 186 Å². The number of thioether (sulfide) groups is 1. The fourth-order valence-corrected chi connectivity index (χ4v) is 6.32. The molecule has 1 fully saturated rings. The van der Waals surface area contributed by atoms with Crippen LogP contribution in [-0.4, -0.2) is 41.3 Å². The highest BCUT2D eigenvalue weighted by atomic mass is 32.2. The summed E-state index contributed by atoms with van der Waals surface area (Å²) in [6, 6.07) is 4.06. The fourth-order valence-electron chi connectivity index (χ4n) is 4.04. The summed E-state index contributed by atoms with van der Waals surface area (Å²) in [4.78, 5) is 33.7. The first-order valence-corrected chi connectivity index (χ1v) is 12.4. The number of aromatic amines is 2. The van der Waals surface area contributed by atoms with Crippen LogP contribution in [0.2, 0.25) is 0 Å². The van der Waals surface area contributed by atoms with Crippen molar-refractivity contribution in [2.45, 2.75) is 50.2 Å². The highest BCUT2D eigenvalue weighted by Gasteiger charge is 2.27. The first kappa shape index (κ1) is 23.1. The van der Waals surface area contributed by atoms with Crippen molar-refractivity contribution in [3.63, 3.8) is 0 Å². The molecule has 30 heavy (non-hydrogen) atoms. The Morgan fingerprint density at radius 1 is 1.20 bits per heavy atom. The lowest BCUT2D eigenvalue weighted by Crippen LogP contribution is -2.46. The molecule has 0 aliphatic heterocycles. The molecule has 2 aromatic rings. The standard InChI is InChI=1S/C23H33N3O2S2/c1-23(2)11-5-6-16(15-23)7-9-18-21(27)25-19(22(28)24-18)14-17-8-10-20(30-17)29-13-12-26(3)4/h8-10,14,16H,5-7,11-13,15H2,1-4H3,(H,24,28)(H,25,27). The van der Waals surface area contributed by atoms with Crippen LogP contribution in [0.4, 0.5) is 0 Å². The number of nitrogens with zero attached hydrogens (tertiary/aromatic N) is 1. The molecule has 0 aromatic carbocycles. The molecule has 1 unspecified atom stereocenters. The molecule has 1 atom stereocenters. The highest BCUT2D eigenvalue weighted by molar-refractivity contribution is 8.01. The quantitative estimate of drug-likeness (QED) is 0.640. The maximum Gasteiger partial charge on any atom is 0.272 e. The number of hydrogen-bond acceptors (Lipinski definition) is 5. The van der Waals surface area contributed by atoms with Crippen LogP contribution in [0.1, 0.15) is 50.8 Å². The molecule has 3 rings (SSSR count). The lowest BCUT2D eigenvalue weighted by Gasteiger charge is -2.34. The number of hydrogen-bond donors (Lipinski definition) is 2. The van der Waals surface area contributed by atoms with E-state index in [4.69, 9.17) is 0 Å². The zero-order valence-electron chi connectivity index (χ0n) is 18.4. The van der Waals surface area contributed by atoms with Gasteiger partial charge in [-0.1, -0.05) is 32.8 Å². The topological polar surface area (TPSA) is 69.0 Å². The molecule has 1 aliphatic carbocycles. The number of nitrogens with one attached hydrogen (secondary N) is 2. The Hall–Kier alpha value is -1.57. The normalized spacial score (nSPS) is 20.2. The van der Waals surface area contributed by atoms with Crippen LogP contribution in [-0.2, 0) is 0 Å². The van der Waals surface area contributed by atoms with Gasteiger partial charge >= 0.3 is 0 Å². The summed E-state index contributed by atoms with van der Waals surface area (Å²) in [5, 5.41) is 0.689. The van der Waals surface area contributed by atoms with Gasteiger partial charge in [-0.25, -0.2) is 0 Å². The van der Waals surface area contributed by atoms with Crippen molar-refractivity contribution in [3.8, 4) is 0 Å². The molecule has 7 heteroatoms. The zero-order valence-corrected chi connectivity index (χ0v) is 20.0. The molecule has 0 amide bonds. The maximum absolute atomic E-state index is 12.5. The molecule has 0 saturated heterocycles. The van der Waals surface area contributed by atoms with E-state index in [9.17, 15) is 9.59 Å². The van der Waals surface area contributed by atoms with Gasteiger partial charge < -0.3 is 14.9 Å². The minimum Gasteiger partial charge on any atom is -0.316 e. The van der Waals surface area contributed by atoms with Gasteiger partial charge in [-0.05, 0) is 62.9 Å². The van der Waals surface area contributed by atoms with Gasteiger partial charge in [-0.15, -0.1) is 23.1 Å². The van der Waals surface area contributed by atoms with E-state index in [1.165, 1.54) is 29.9 Å². The minimum atomic E-state index is -0.250. The molecular weight excluding hydrogens is 414 g/mol. The molecule has 0 bridgehead atoms. The summed E-state index contributed by atoms with van der Waals surface area (Å²) in [6.45, 7) is 5.65. The van der Waals surface area contributed by atoms with Gasteiger partial charge in [0.1, 0.15) is 10.7 Å². The number of rotatable bonds is 7. The van der Waals surface area contributed by atoms with Crippen molar-refractivity contribution in [3.05, 3.63) is 48.4 Å². The summed E-state index contributed by atoms with van der Waals surface area (Å²) in [5.74, 6) is 1.60. The van der Waals surface area contributed by atoms with Gasteiger partial charge in [0, 0.05) is 17.2 Å². The lowest BCUT2D eigenvalue weighted by molar-refractivity contribution is 0.183. The summed E-state index contributed by atoms with van der Waals surface area (Å²) < 4.78 is 1.21. The van der Waals surface area contributed by atoms with Crippen LogP contribution in [0.3, 0.4) is 0 Å². The lowest BCUT2D eigenvalue weighted by atomic mass is 9.71. The van der Waals surface area contributed by atoms with E-state index >= 15 is 0 Å². The van der Waals surface area contributed by atoms with Gasteiger partial charge in [0.25, 0.3) is 11.1 Å². The average Bonchev–Trinajstić information content (AvgIpc) is 3.09. The second-order valence-corrected chi connectivity index (χ2v) is 11.8. The van der Waals surface area contributed by atoms with E-state index in [0.717, 1.165) is 23.6 Å². The van der Waals surface area contributed by atoms with Crippen molar-refractivity contribution >= 4 is 35.3 Å². The van der Waals surface area contributed by atoms with E-state index in [0.29, 0.717) is 22.0 Å². The Morgan fingerprint density at radius 2 is 1.93 bits per heavy atom. The summed E-state index contributed by atoms with van der Waals surface area (Å²) in [6.07, 6.45) is 9.37.